The van der Waals surface area contributed by atoms with Crippen LogP contribution in [-0.2, 0) is 10.2 Å². The van der Waals surface area contributed by atoms with Crippen LogP contribution in [0.4, 0.5) is 5.69 Å². The van der Waals surface area contributed by atoms with Gasteiger partial charge in [0.1, 0.15) is 24.1 Å². The number of ether oxygens (including phenoxy) is 2. The van der Waals surface area contributed by atoms with Crippen molar-refractivity contribution in [3.8, 4) is 17.2 Å². The van der Waals surface area contributed by atoms with Gasteiger partial charge in [-0.05, 0) is 78.4 Å². The topological polar surface area (TPSA) is 114 Å². The number of anilines is 1. The second-order valence-electron chi connectivity index (χ2n) is 13.6. The lowest BCUT2D eigenvalue weighted by atomic mass is 9.78. The molecule has 0 aliphatic carbocycles. The van der Waals surface area contributed by atoms with Crippen LogP contribution < -0.4 is 19.7 Å². The molecule has 2 atom stereocenters. The van der Waals surface area contributed by atoms with Crippen molar-refractivity contribution in [1.29, 1.82) is 0 Å². The minimum absolute atomic E-state index is 0.108. The maximum Gasteiger partial charge on any atom is 0.254 e. The molecule has 1 saturated heterocycles. The number of likely N-dealkylation sites (N-methyl/N-ethyl adjacent to an activating group) is 2. The lowest BCUT2D eigenvalue weighted by molar-refractivity contribution is -0.125. The summed E-state index contributed by atoms with van der Waals surface area (Å²) in [4.78, 5) is 49.9. The van der Waals surface area contributed by atoms with Gasteiger partial charge in [0, 0.05) is 43.7 Å². The average molecular weight is 716 g/mol. The van der Waals surface area contributed by atoms with E-state index in [4.69, 9.17) is 9.47 Å². The van der Waals surface area contributed by atoms with Crippen molar-refractivity contribution in [2.45, 2.75) is 64.0 Å². The zero-order valence-electron chi connectivity index (χ0n) is 31.3. The number of hydrogen-bond acceptors (Lipinski definition) is 8. The molecule has 10 nitrogen and oxygen atoms in total. The van der Waals surface area contributed by atoms with Gasteiger partial charge in [-0.3, -0.25) is 14.4 Å². The number of hydrogen-bond donors (Lipinski definition) is 1. The number of nitrogens with zero attached hydrogens (tertiary/aromatic N) is 4. The first-order valence-electron chi connectivity index (χ1n) is 18.0. The summed E-state index contributed by atoms with van der Waals surface area (Å²) in [5.41, 5.74) is 4.22. The molecule has 0 radical (unpaired) electrons. The summed E-state index contributed by atoms with van der Waals surface area (Å²) in [7, 11) is 3.24. The van der Waals surface area contributed by atoms with Gasteiger partial charge in [-0.15, -0.1) is 6.58 Å². The molecular weight excluding hydrogens is 667 g/mol. The molecule has 3 aromatic carbocycles. The van der Waals surface area contributed by atoms with E-state index in [9.17, 15) is 14.4 Å². The SMILES string of the molecule is C=CCCC(C(=O)NC)N(C)C(=O)c1ccc(N2CCC2COc2ccc(C(C)(C)c3ccc(Oc4cnc(C(=O)CC)nc4)cc3)cc2)cc1C=C. The molecule has 1 aliphatic heterocycles. The zero-order chi connectivity index (χ0) is 38.1. The van der Waals surface area contributed by atoms with Gasteiger partial charge in [-0.25, -0.2) is 9.97 Å². The quantitative estimate of drug-likeness (QED) is 0.0877. The van der Waals surface area contributed by atoms with Crippen molar-refractivity contribution < 1.29 is 23.9 Å². The lowest BCUT2D eigenvalue weighted by Crippen LogP contribution is -2.51. The van der Waals surface area contributed by atoms with E-state index in [1.165, 1.54) is 17.3 Å². The van der Waals surface area contributed by atoms with E-state index in [2.05, 4.69) is 59.3 Å². The number of benzene rings is 3. The van der Waals surface area contributed by atoms with E-state index in [1.807, 2.05) is 54.6 Å². The molecule has 0 bridgehead atoms. The summed E-state index contributed by atoms with van der Waals surface area (Å²) < 4.78 is 12.2. The lowest BCUT2D eigenvalue weighted by Gasteiger charge is -2.43. The van der Waals surface area contributed by atoms with Crippen LogP contribution in [0.1, 0.15) is 84.1 Å². The standard InChI is InChI=1S/C43H49N5O5/c1-8-11-12-38(41(50)44-6)47(7)42(51)37-22-17-32(25-29(37)9-2)48-24-23-33(48)28-52-34-18-13-30(14-19-34)43(4,5)31-15-20-35(21-16-31)53-36-26-45-40(46-27-36)39(49)10-3/h8-9,13-22,25-27,33,38H,1-2,10-12,23-24,28H2,3-7H3,(H,44,50). The number of rotatable bonds is 17. The van der Waals surface area contributed by atoms with E-state index < -0.39 is 6.04 Å². The van der Waals surface area contributed by atoms with Crippen molar-refractivity contribution in [3.63, 3.8) is 0 Å². The largest absolute Gasteiger partial charge is 0.491 e. The zero-order valence-corrected chi connectivity index (χ0v) is 31.3. The summed E-state index contributed by atoms with van der Waals surface area (Å²) in [6, 6.07) is 21.5. The van der Waals surface area contributed by atoms with E-state index in [0.29, 0.717) is 42.9 Å². The highest BCUT2D eigenvalue weighted by Gasteiger charge is 2.31. The smallest absolute Gasteiger partial charge is 0.254 e. The Balaban J connectivity index is 1.18. The van der Waals surface area contributed by atoms with Crippen LogP contribution in [-0.4, -0.2) is 71.8 Å². The van der Waals surface area contributed by atoms with Crippen LogP contribution in [0.3, 0.4) is 0 Å². The Kier molecular flexibility index (Phi) is 12.5. The molecular formula is C43H49N5O5. The second-order valence-corrected chi connectivity index (χ2v) is 13.6. The Morgan fingerprint density at radius 1 is 0.981 bits per heavy atom. The predicted molar refractivity (Wildman–Crippen MR) is 209 cm³/mol. The fraction of sp³-hybridized carbons (Fsp3) is 0.326. The average Bonchev–Trinajstić information content (AvgIpc) is 3.17. The van der Waals surface area contributed by atoms with Crippen LogP contribution in [0.15, 0.2) is 98.4 Å². The molecule has 10 heteroatoms. The minimum Gasteiger partial charge on any atom is -0.491 e. The Hall–Kier alpha value is -5.77. The molecule has 1 aromatic heterocycles. The highest BCUT2D eigenvalue weighted by molar-refractivity contribution is 6.00. The molecule has 1 N–H and O–H groups in total. The molecule has 0 spiro atoms. The van der Waals surface area contributed by atoms with E-state index in [-0.39, 0.29) is 34.9 Å². The van der Waals surface area contributed by atoms with Crippen molar-refractivity contribution in [1.82, 2.24) is 20.2 Å². The van der Waals surface area contributed by atoms with Crippen LogP contribution in [0.25, 0.3) is 6.08 Å². The number of aromatic nitrogens is 2. The number of allylic oxidation sites excluding steroid dienone is 1. The van der Waals surface area contributed by atoms with E-state index in [1.54, 1.807) is 33.2 Å². The molecule has 1 aliphatic rings. The van der Waals surface area contributed by atoms with Crippen LogP contribution >= 0.6 is 0 Å². The molecule has 2 unspecified atom stereocenters. The van der Waals surface area contributed by atoms with Gasteiger partial charge in [0.05, 0.1) is 18.4 Å². The Labute approximate surface area is 312 Å². The van der Waals surface area contributed by atoms with Gasteiger partial charge in [0.25, 0.3) is 5.91 Å². The molecule has 276 valence electrons. The molecule has 2 heterocycles. The third-order valence-electron chi connectivity index (χ3n) is 9.97. The molecule has 1 fully saturated rings. The fourth-order valence-corrected chi connectivity index (χ4v) is 6.39. The highest BCUT2D eigenvalue weighted by Crippen LogP contribution is 2.35. The molecule has 2 amide bonds. The third kappa shape index (κ3) is 8.83. The van der Waals surface area contributed by atoms with Gasteiger partial charge < -0.3 is 24.6 Å². The van der Waals surface area contributed by atoms with Gasteiger partial charge in [0.15, 0.2) is 17.4 Å². The fourth-order valence-electron chi connectivity index (χ4n) is 6.39. The first-order valence-corrected chi connectivity index (χ1v) is 18.0. The minimum atomic E-state index is -0.599. The van der Waals surface area contributed by atoms with Crippen molar-refractivity contribution >= 4 is 29.4 Å². The van der Waals surface area contributed by atoms with E-state index >= 15 is 0 Å². The molecule has 0 saturated carbocycles. The summed E-state index contributed by atoms with van der Waals surface area (Å²) in [6.07, 6.45) is 8.92. The van der Waals surface area contributed by atoms with Crippen molar-refractivity contribution in [2.24, 2.45) is 0 Å². The molecule has 53 heavy (non-hydrogen) atoms. The maximum atomic E-state index is 13.5. The number of carbonyl (C=O) groups is 3. The predicted octanol–water partition coefficient (Wildman–Crippen LogP) is 7.64. The van der Waals surface area contributed by atoms with Gasteiger partial charge >= 0.3 is 0 Å². The number of Topliss-reactive ketones (excluding diaryl/α,β-unsaturated/α-hetero) is 1. The molecule has 5 rings (SSSR count). The Morgan fingerprint density at radius 3 is 2.17 bits per heavy atom. The normalized spacial score (nSPS) is 14.4. The van der Waals surface area contributed by atoms with Crippen LogP contribution in [0, 0.1) is 0 Å². The Morgan fingerprint density at radius 2 is 1.62 bits per heavy atom. The number of amides is 2. The van der Waals surface area contributed by atoms with E-state index in [0.717, 1.165) is 41.1 Å². The molecule has 4 aromatic rings. The summed E-state index contributed by atoms with van der Waals surface area (Å²) in [6.45, 7) is 15.3. The van der Waals surface area contributed by atoms with Crippen molar-refractivity contribution in [2.75, 3.05) is 32.1 Å². The first-order chi connectivity index (χ1) is 25.5. The Bertz CT molecular complexity index is 1920. The summed E-state index contributed by atoms with van der Waals surface area (Å²) in [5.74, 6) is 1.56. The summed E-state index contributed by atoms with van der Waals surface area (Å²) in [5, 5.41) is 2.67. The third-order valence-corrected chi connectivity index (χ3v) is 9.97. The number of ketones is 1. The highest BCUT2D eigenvalue weighted by atomic mass is 16.5. The van der Waals surface area contributed by atoms with Crippen LogP contribution in [0.2, 0.25) is 0 Å². The van der Waals surface area contributed by atoms with Gasteiger partial charge in [-0.1, -0.05) is 63.8 Å². The van der Waals surface area contributed by atoms with Crippen molar-refractivity contribution in [3.05, 3.63) is 126 Å². The summed E-state index contributed by atoms with van der Waals surface area (Å²) >= 11 is 0. The second kappa shape index (κ2) is 17.2. The number of carbonyl (C=O) groups excluding carboxylic acids is 3. The maximum absolute atomic E-state index is 13.5. The van der Waals surface area contributed by atoms with Crippen LogP contribution in [0.5, 0.6) is 17.2 Å². The van der Waals surface area contributed by atoms with Gasteiger partial charge in [-0.2, -0.15) is 0 Å². The van der Waals surface area contributed by atoms with Gasteiger partial charge in [0.2, 0.25) is 5.91 Å². The monoisotopic (exact) mass is 715 g/mol. The number of nitrogens with one attached hydrogen (secondary N) is 1. The first kappa shape index (κ1) is 38.5.